The summed E-state index contributed by atoms with van der Waals surface area (Å²) in [6.45, 7) is 9.47. The number of nitrogens with zero attached hydrogens (tertiary/aromatic N) is 8. The van der Waals surface area contributed by atoms with Gasteiger partial charge < -0.3 is 44.5 Å². The number of aryl methyl sites for hydroxylation is 1. The molecule has 3 saturated heterocycles. The summed E-state index contributed by atoms with van der Waals surface area (Å²) in [6, 6.07) is 12.9. The number of hydrogen-bond donors (Lipinski definition) is 3. The third-order valence-corrected chi connectivity index (χ3v) is 18.1. The zero-order valence-electron chi connectivity index (χ0n) is 43.3. The number of pyridine rings is 2. The normalized spacial score (nSPS) is 23.0. The van der Waals surface area contributed by atoms with E-state index < -0.39 is 35.2 Å². The number of thiophene rings is 1. The molecule has 4 N–H and O–H groups in total. The monoisotopic (exact) mass is 1100 g/mol. The summed E-state index contributed by atoms with van der Waals surface area (Å²) < 4.78 is 67.5. The number of amides is 1. The van der Waals surface area contributed by atoms with Gasteiger partial charge in [0, 0.05) is 77.1 Å². The van der Waals surface area contributed by atoms with Crippen LogP contribution in [0.4, 0.5) is 24.0 Å². The highest BCUT2D eigenvalue weighted by atomic mass is 35.5. The minimum Gasteiger partial charge on any atom is -0.489 e. The molecule has 5 aliphatic heterocycles. The number of nitriles is 1. The Morgan fingerprint density at radius 2 is 1.90 bits per heavy atom. The number of benzene rings is 3. The van der Waals surface area contributed by atoms with E-state index in [0.29, 0.717) is 64.6 Å². The molecular formula is C57H55ClF3N9O7S. The number of ether oxygens (including phenoxy) is 3. The molecule has 7 aromatic rings. The molecule has 5 aliphatic rings. The fourth-order valence-corrected chi connectivity index (χ4v) is 13.9. The Hall–Kier alpha value is -6.86. The van der Waals surface area contributed by atoms with Gasteiger partial charge in [-0.3, -0.25) is 14.5 Å². The number of allylic oxidation sites excluding steroid dienone is 1. The smallest absolute Gasteiger partial charge is 0.319 e. The lowest BCUT2D eigenvalue weighted by molar-refractivity contribution is -0.236. The zero-order chi connectivity index (χ0) is 54.7. The Bertz CT molecular complexity index is 3830. The highest BCUT2D eigenvalue weighted by Gasteiger charge is 2.50. The molecule has 16 nitrogen and oxygen atoms in total. The van der Waals surface area contributed by atoms with Crippen LogP contribution in [0.15, 0.2) is 58.9 Å². The molecule has 0 radical (unpaired) electrons. The van der Waals surface area contributed by atoms with Crippen molar-refractivity contribution in [2.75, 3.05) is 56.6 Å². The largest absolute Gasteiger partial charge is 0.489 e. The van der Waals surface area contributed by atoms with Crippen molar-refractivity contribution >= 4 is 71.6 Å². The number of carbonyl (C=O) groups is 1. The van der Waals surface area contributed by atoms with Crippen molar-refractivity contribution in [2.45, 2.75) is 103 Å². The molecule has 12 rings (SSSR count). The van der Waals surface area contributed by atoms with Gasteiger partial charge in [-0.05, 0) is 93.6 Å². The zero-order valence-corrected chi connectivity index (χ0v) is 44.8. The van der Waals surface area contributed by atoms with Gasteiger partial charge in [-0.15, -0.1) is 11.3 Å². The molecule has 0 aliphatic carbocycles. The van der Waals surface area contributed by atoms with Crippen LogP contribution in [0.3, 0.4) is 0 Å². The summed E-state index contributed by atoms with van der Waals surface area (Å²) >= 11 is 7.90. The number of piperazine rings is 1. The van der Waals surface area contributed by atoms with Crippen LogP contribution in [0.1, 0.15) is 81.2 Å². The van der Waals surface area contributed by atoms with Crippen LogP contribution in [0.2, 0.25) is 5.02 Å². The maximum atomic E-state index is 17.5. The quantitative estimate of drug-likeness (QED) is 0.104. The highest BCUT2D eigenvalue weighted by molar-refractivity contribution is 7.23. The Morgan fingerprint density at radius 1 is 1.08 bits per heavy atom. The van der Waals surface area contributed by atoms with Gasteiger partial charge in [-0.1, -0.05) is 37.6 Å². The second-order valence-electron chi connectivity index (χ2n) is 21.0. The molecule has 1 amide bonds. The molecule has 4 aromatic heterocycles. The average molecular weight is 1100 g/mol. The summed E-state index contributed by atoms with van der Waals surface area (Å²) in [5, 5.41) is 33.4. The van der Waals surface area contributed by atoms with Crippen LogP contribution < -0.4 is 25.7 Å². The minimum absolute atomic E-state index is 0.00349. The number of halogens is 4. The third-order valence-electron chi connectivity index (χ3n) is 16.8. The lowest BCUT2D eigenvalue weighted by Crippen LogP contribution is -2.54. The molecule has 0 spiro atoms. The second-order valence-corrected chi connectivity index (χ2v) is 22.4. The number of nitrogen functional groups attached to an aromatic ring is 1. The number of hydrogen-bond acceptors (Lipinski definition) is 15. The van der Waals surface area contributed by atoms with E-state index in [1.165, 1.54) is 12.1 Å². The first-order valence-electron chi connectivity index (χ1n) is 26.2. The topological polar surface area (TPSA) is 205 Å². The summed E-state index contributed by atoms with van der Waals surface area (Å²) in [7, 11) is 0. The van der Waals surface area contributed by atoms with Crippen molar-refractivity contribution in [1.29, 1.82) is 5.26 Å². The molecule has 404 valence electrons. The van der Waals surface area contributed by atoms with Crippen molar-refractivity contribution in [3.63, 3.8) is 0 Å². The first kappa shape index (κ1) is 51.9. The summed E-state index contributed by atoms with van der Waals surface area (Å²) in [4.78, 5) is 48.6. The number of aliphatic hydroxyl groups excluding tert-OH is 1. The van der Waals surface area contributed by atoms with E-state index in [-0.39, 0.29) is 124 Å². The van der Waals surface area contributed by atoms with Crippen molar-refractivity contribution in [3.8, 4) is 40.3 Å². The number of aromatic nitrogens is 4. The number of carbonyl (C=O) groups excluding carboxylic acids is 1. The van der Waals surface area contributed by atoms with Crippen molar-refractivity contribution in [3.05, 3.63) is 109 Å². The van der Waals surface area contributed by atoms with Crippen LogP contribution in [-0.2, 0) is 34.7 Å². The fraction of sp³-hybridized carbons (Fsp3) is 0.404. The lowest BCUT2D eigenvalue weighted by Gasteiger charge is -2.41. The number of fused-ring (bicyclic) bond motifs is 8. The first-order valence-corrected chi connectivity index (χ1v) is 27.4. The molecule has 5 atom stereocenters. The standard InChI is InChI=1S/C57H55ClF3N9O7S/c1-5-29(25-75-31-9-12-42-34(17-31)32(6-2)37-24-70-43(47(37)64-42)19-39-38(53(70)72)26-76-54(73)57(39,74)7-3)52(71)67-15-16-69(28(4)22-67)51-35-18-40(58)45(33-10-11-41(60)49-44(33)36(21-62)50(63)78-49)46(61)48(35)65-55(66-51)77-27-56-13-8-14-68(56)23-30(59)20-56/h5,9-12,17-19,28,30,54,73-74H,6-8,13-16,20,22-27,63H2,1-4H3/b29-5+/t28-,30+,54?,56-,57-/m0/s1. The van der Waals surface area contributed by atoms with Gasteiger partial charge in [-0.25, -0.2) is 18.2 Å². The van der Waals surface area contributed by atoms with Crippen LogP contribution in [0.5, 0.6) is 11.8 Å². The number of rotatable bonds is 11. The number of anilines is 2. The van der Waals surface area contributed by atoms with E-state index in [4.69, 9.17) is 41.5 Å². The summed E-state index contributed by atoms with van der Waals surface area (Å²) in [6.07, 6.45) is 1.89. The molecule has 21 heteroatoms. The van der Waals surface area contributed by atoms with Gasteiger partial charge in [0.05, 0.1) is 56.5 Å². The Kier molecular flexibility index (Phi) is 13.0. The molecule has 1 unspecified atom stereocenters. The van der Waals surface area contributed by atoms with Crippen molar-refractivity contribution < 1.29 is 42.4 Å². The van der Waals surface area contributed by atoms with Gasteiger partial charge in [0.25, 0.3) is 11.5 Å². The number of alkyl halides is 1. The van der Waals surface area contributed by atoms with Crippen LogP contribution in [-0.4, -0.2) is 115 Å². The predicted molar refractivity (Wildman–Crippen MR) is 290 cm³/mol. The van der Waals surface area contributed by atoms with E-state index in [0.717, 1.165) is 47.2 Å². The Labute approximate surface area is 455 Å². The number of aliphatic hydroxyl groups is 2. The molecule has 78 heavy (non-hydrogen) atoms. The Morgan fingerprint density at radius 3 is 2.65 bits per heavy atom. The molecule has 9 heterocycles. The molecular weight excluding hydrogens is 1050 g/mol. The van der Waals surface area contributed by atoms with E-state index in [2.05, 4.69) is 9.88 Å². The lowest BCUT2D eigenvalue weighted by atomic mass is 9.85. The average Bonchev–Trinajstić information content (AvgIpc) is 4.33. The molecule has 0 bridgehead atoms. The van der Waals surface area contributed by atoms with E-state index in [1.54, 1.807) is 47.6 Å². The molecule has 3 aromatic carbocycles. The maximum absolute atomic E-state index is 17.5. The minimum atomic E-state index is -1.75. The predicted octanol–water partition coefficient (Wildman–Crippen LogP) is 8.66. The van der Waals surface area contributed by atoms with E-state index in [1.807, 2.05) is 36.9 Å². The third kappa shape index (κ3) is 8.09. The van der Waals surface area contributed by atoms with Gasteiger partial charge in [0.1, 0.15) is 59.0 Å². The van der Waals surface area contributed by atoms with Gasteiger partial charge in [-0.2, -0.15) is 15.2 Å². The maximum Gasteiger partial charge on any atom is 0.319 e. The van der Waals surface area contributed by atoms with Gasteiger partial charge >= 0.3 is 6.01 Å². The first-order chi connectivity index (χ1) is 37.5. The number of nitrogens with two attached hydrogens (primary N) is 1. The van der Waals surface area contributed by atoms with Crippen molar-refractivity contribution in [1.82, 2.24) is 29.3 Å². The van der Waals surface area contributed by atoms with E-state index in [9.17, 15) is 29.5 Å². The van der Waals surface area contributed by atoms with Gasteiger partial charge in [0.15, 0.2) is 12.1 Å². The van der Waals surface area contributed by atoms with Gasteiger partial charge in [0.2, 0.25) is 0 Å². The van der Waals surface area contributed by atoms with E-state index >= 15 is 8.78 Å². The van der Waals surface area contributed by atoms with Crippen LogP contribution >= 0.6 is 22.9 Å². The van der Waals surface area contributed by atoms with Crippen LogP contribution in [0.25, 0.3) is 54.4 Å². The summed E-state index contributed by atoms with van der Waals surface area (Å²) in [5.74, 6) is -0.872. The molecule has 0 saturated carbocycles. The second kappa shape index (κ2) is 19.5. The highest BCUT2D eigenvalue weighted by Crippen LogP contribution is 2.47. The summed E-state index contributed by atoms with van der Waals surface area (Å²) in [5.41, 5.74) is 8.29. The SMILES string of the molecule is C/C=C(\COc1ccc2nc3c(c(CC)c2c1)Cn1c-3cc2c(c1=O)COC(O)[C@]2(O)CC)C(=O)N1CCN(c2nc(OC[C@@]34CCCN3C[C@H](F)C4)nc3c(F)c(-c4ccc(F)c5sc(N)c(C#N)c45)c(Cl)cc23)[C@@H](C)C1. The van der Waals surface area contributed by atoms with Crippen LogP contribution in [0, 0.1) is 23.0 Å². The fourth-order valence-electron chi connectivity index (χ4n) is 12.7. The Balaban J connectivity index is 0.809. The molecule has 3 fully saturated rings. The van der Waals surface area contributed by atoms with Crippen molar-refractivity contribution in [2.24, 2.45) is 0 Å².